The minimum Gasteiger partial charge on any atom is -0.477 e. The molecule has 1 aliphatic heterocycles. The van der Waals surface area contributed by atoms with Crippen molar-refractivity contribution >= 4 is 17.7 Å². The third-order valence-corrected chi connectivity index (χ3v) is 3.74. The summed E-state index contributed by atoms with van der Waals surface area (Å²) < 4.78 is 11.1. The van der Waals surface area contributed by atoms with E-state index in [0.29, 0.717) is 12.5 Å². The van der Waals surface area contributed by atoms with Gasteiger partial charge in [0.05, 0.1) is 6.61 Å². The van der Waals surface area contributed by atoms with Gasteiger partial charge in [0, 0.05) is 31.3 Å². The zero-order valence-corrected chi connectivity index (χ0v) is 14.7. The van der Waals surface area contributed by atoms with Gasteiger partial charge in [0.15, 0.2) is 0 Å². The van der Waals surface area contributed by atoms with E-state index in [2.05, 4.69) is 9.97 Å². The first kappa shape index (κ1) is 17.8. The number of carbonyl (C=O) groups excluding carboxylic acids is 1. The molecule has 1 aromatic heterocycles. The van der Waals surface area contributed by atoms with Crippen molar-refractivity contribution in [3.63, 3.8) is 0 Å². The van der Waals surface area contributed by atoms with Gasteiger partial charge in [-0.2, -0.15) is 4.98 Å². The summed E-state index contributed by atoms with van der Waals surface area (Å²) in [6.45, 7) is 6.85. The van der Waals surface area contributed by atoms with Crippen LogP contribution < -0.4 is 4.74 Å². The molecule has 0 saturated carbocycles. The second-order valence-electron chi connectivity index (χ2n) is 6.62. The van der Waals surface area contributed by atoms with Crippen LogP contribution in [0.15, 0.2) is 12.3 Å². The zero-order valence-electron chi connectivity index (χ0n) is 13.9. The van der Waals surface area contributed by atoms with Crippen molar-refractivity contribution in [3.8, 4) is 5.88 Å². The summed E-state index contributed by atoms with van der Waals surface area (Å²) in [6.07, 6.45) is 5.14. The van der Waals surface area contributed by atoms with Crippen molar-refractivity contribution in [1.29, 1.82) is 0 Å². The summed E-state index contributed by atoms with van der Waals surface area (Å²) in [7, 11) is 0. The van der Waals surface area contributed by atoms with E-state index in [1.165, 1.54) is 0 Å². The Balaban J connectivity index is 1.87. The van der Waals surface area contributed by atoms with E-state index in [1.54, 1.807) is 12.3 Å². The van der Waals surface area contributed by atoms with Crippen LogP contribution in [0.4, 0.5) is 4.79 Å². The maximum Gasteiger partial charge on any atom is 0.410 e. The molecule has 1 aromatic rings. The van der Waals surface area contributed by atoms with Gasteiger partial charge < -0.3 is 14.4 Å². The maximum atomic E-state index is 12.3. The van der Waals surface area contributed by atoms with E-state index < -0.39 is 5.60 Å². The van der Waals surface area contributed by atoms with Crippen molar-refractivity contribution in [1.82, 2.24) is 14.9 Å². The van der Waals surface area contributed by atoms with Crippen molar-refractivity contribution in [2.45, 2.75) is 58.1 Å². The molecule has 1 amide bonds. The molecular weight excluding hydrogens is 318 g/mol. The number of aromatic nitrogens is 2. The quantitative estimate of drug-likeness (QED) is 0.781. The highest BCUT2D eigenvalue weighted by atomic mass is 35.5. The number of nitrogens with zero attached hydrogens (tertiary/aromatic N) is 3. The highest BCUT2D eigenvalue weighted by Crippen LogP contribution is 2.22. The van der Waals surface area contributed by atoms with Gasteiger partial charge >= 0.3 is 6.09 Å². The third kappa shape index (κ3) is 5.86. The van der Waals surface area contributed by atoms with E-state index in [-0.39, 0.29) is 17.4 Å². The summed E-state index contributed by atoms with van der Waals surface area (Å²) in [4.78, 5) is 21.9. The van der Waals surface area contributed by atoms with Crippen LogP contribution in [0.5, 0.6) is 5.88 Å². The molecule has 128 valence electrons. The van der Waals surface area contributed by atoms with E-state index in [9.17, 15) is 4.79 Å². The Morgan fingerprint density at radius 2 is 2.22 bits per heavy atom. The second-order valence-corrected chi connectivity index (χ2v) is 6.96. The average molecular weight is 342 g/mol. The largest absolute Gasteiger partial charge is 0.477 e. The first-order chi connectivity index (χ1) is 10.8. The highest BCUT2D eigenvalue weighted by molar-refractivity contribution is 6.28. The van der Waals surface area contributed by atoms with E-state index in [1.807, 2.05) is 25.7 Å². The molecule has 0 unspecified atom stereocenters. The van der Waals surface area contributed by atoms with E-state index in [4.69, 9.17) is 21.1 Å². The molecular formula is C16H24ClN3O3. The SMILES string of the molecule is CC(C)(C)OC(=O)N1CCCC[C@H]1CCOc1ccnc(Cl)n1. The molecule has 2 rings (SSSR count). The maximum absolute atomic E-state index is 12.3. The molecule has 0 N–H and O–H groups in total. The third-order valence-electron chi connectivity index (χ3n) is 3.56. The summed E-state index contributed by atoms with van der Waals surface area (Å²) in [6, 6.07) is 1.80. The van der Waals surface area contributed by atoms with E-state index >= 15 is 0 Å². The van der Waals surface area contributed by atoms with Crippen LogP contribution in [0.3, 0.4) is 0 Å². The Hall–Kier alpha value is -1.56. The topological polar surface area (TPSA) is 64.5 Å². The van der Waals surface area contributed by atoms with Crippen molar-refractivity contribution < 1.29 is 14.3 Å². The van der Waals surface area contributed by atoms with Gasteiger partial charge in [-0.15, -0.1) is 0 Å². The molecule has 0 bridgehead atoms. The van der Waals surface area contributed by atoms with Gasteiger partial charge in [-0.1, -0.05) is 0 Å². The molecule has 6 nitrogen and oxygen atoms in total. The monoisotopic (exact) mass is 341 g/mol. The first-order valence-corrected chi connectivity index (χ1v) is 8.34. The van der Waals surface area contributed by atoms with Gasteiger partial charge in [-0.25, -0.2) is 9.78 Å². The molecule has 1 fully saturated rings. The van der Waals surface area contributed by atoms with Gasteiger partial charge in [-0.3, -0.25) is 0 Å². The Bertz CT molecular complexity index is 534. The first-order valence-electron chi connectivity index (χ1n) is 7.96. The number of rotatable bonds is 4. The lowest BCUT2D eigenvalue weighted by Gasteiger charge is -2.36. The van der Waals surface area contributed by atoms with Crippen molar-refractivity contribution in [2.24, 2.45) is 0 Å². The Labute approximate surface area is 142 Å². The summed E-state index contributed by atoms with van der Waals surface area (Å²) in [5, 5.41) is 0.163. The number of ether oxygens (including phenoxy) is 2. The number of hydrogen-bond acceptors (Lipinski definition) is 5. The molecule has 23 heavy (non-hydrogen) atoms. The fourth-order valence-electron chi connectivity index (χ4n) is 2.56. The van der Waals surface area contributed by atoms with Gasteiger partial charge in [-0.05, 0) is 51.6 Å². The van der Waals surface area contributed by atoms with Gasteiger partial charge in [0.1, 0.15) is 5.60 Å². The molecule has 1 atom stereocenters. The standard InChI is InChI=1S/C16H24ClN3O3/c1-16(2,3)23-15(21)20-10-5-4-6-12(20)8-11-22-13-7-9-18-14(17)19-13/h7,9,12H,4-6,8,10-11H2,1-3H3/t12-/m0/s1. The molecule has 0 aromatic carbocycles. The number of hydrogen-bond donors (Lipinski definition) is 0. The molecule has 0 radical (unpaired) electrons. The van der Waals surface area contributed by atoms with Crippen molar-refractivity contribution in [2.75, 3.05) is 13.2 Å². The van der Waals surface area contributed by atoms with Crippen molar-refractivity contribution in [3.05, 3.63) is 17.5 Å². The molecule has 7 heteroatoms. The van der Waals surface area contributed by atoms with Crippen LogP contribution in [0.25, 0.3) is 0 Å². The van der Waals surface area contributed by atoms with Gasteiger partial charge in [0.25, 0.3) is 0 Å². The predicted octanol–water partition coefficient (Wildman–Crippen LogP) is 3.69. The minimum atomic E-state index is -0.479. The Kier molecular flexibility index (Phi) is 6.04. The fourth-order valence-corrected chi connectivity index (χ4v) is 2.70. The average Bonchev–Trinajstić information content (AvgIpc) is 2.46. The second kappa shape index (κ2) is 7.81. The number of piperidine rings is 1. The smallest absolute Gasteiger partial charge is 0.410 e. The minimum absolute atomic E-state index is 0.135. The number of amides is 1. The van der Waals surface area contributed by atoms with Crippen LogP contribution in [-0.2, 0) is 4.74 Å². The van der Waals surface area contributed by atoms with Crippen LogP contribution in [0.1, 0.15) is 46.5 Å². The normalized spacial score (nSPS) is 18.6. The van der Waals surface area contributed by atoms with Crippen LogP contribution >= 0.6 is 11.6 Å². The number of halogens is 1. The fraction of sp³-hybridized carbons (Fsp3) is 0.688. The summed E-state index contributed by atoms with van der Waals surface area (Å²) >= 11 is 5.73. The zero-order chi connectivity index (χ0) is 16.9. The molecule has 1 saturated heterocycles. The number of carbonyl (C=O) groups is 1. The Morgan fingerprint density at radius 1 is 1.43 bits per heavy atom. The van der Waals surface area contributed by atoms with E-state index in [0.717, 1.165) is 32.2 Å². The summed E-state index contributed by atoms with van der Waals surface area (Å²) in [5.74, 6) is 0.449. The molecule has 2 heterocycles. The summed E-state index contributed by atoms with van der Waals surface area (Å²) in [5.41, 5.74) is -0.479. The predicted molar refractivity (Wildman–Crippen MR) is 87.7 cm³/mol. The van der Waals surface area contributed by atoms with Gasteiger partial charge in [0.2, 0.25) is 11.2 Å². The Morgan fingerprint density at radius 3 is 2.91 bits per heavy atom. The lowest BCUT2D eigenvalue weighted by Crippen LogP contribution is -2.46. The molecule has 1 aliphatic rings. The highest BCUT2D eigenvalue weighted by Gasteiger charge is 2.30. The lowest BCUT2D eigenvalue weighted by atomic mass is 10.0. The lowest BCUT2D eigenvalue weighted by molar-refractivity contribution is 0.00738. The number of likely N-dealkylation sites (tertiary alicyclic amines) is 1. The molecule has 0 spiro atoms. The van der Waals surface area contributed by atoms with Crippen LogP contribution in [0, 0.1) is 0 Å². The van der Waals surface area contributed by atoms with Crippen LogP contribution in [0.2, 0.25) is 5.28 Å². The van der Waals surface area contributed by atoms with Crippen LogP contribution in [-0.4, -0.2) is 45.8 Å². The molecule has 0 aliphatic carbocycles.